The average Bonchev–Trinajstić information content (AvgIpc) is 3.08. The van der Waals surface area contributed by atoms with E-state index in [2.05, 4.69) is 15.5 Å². The molecule has 3 aromatic rings. The summed E-state index contributed by atoms with van der Waals surface area (Å²) in [6.07, 6.45) is 2.51. The van der Waals surface area contributed by atoms with Gasteiger partial charge in [-0.25, -0.2) is 0 Å². The summed E-state index contributed by atoms with van der Waals surface area (Å²) in [7, 11) is 1.87. The molecule has 1 heterocycles. The second-order valence-corrected chi connectivity index (χ2v) is 6.68. The molecule has 3 rings (SSSR count). The third-order valence-electron chi connectivity index (χ3n) is 3.84. The lowest BCUT2D eigenvalue weighted by molar-refractivity contribution is -0.116. The van der Waals surface area contributed by atoms with Gasteiger partial charge in [0, 0.05) is 24.7 Å². The van der Waals surface area contributed by atoms with Gasteiger partial charge in [-0.2, -0.15) is 0 Å². The van der Waals surface area contributed by atoms with Gasteiger partial charge in [0.05, 0.1) is 11.6 Å². The number of nitrogens with zero attached hydrogens (tertiary/aromatic N) is 3. The topological polar surface area (TPSA) is 69.0 Å². The Morgan fingerprint density at radius 3 is 2.81 bits per heavy atom. The van der Waals surface area contributed by atoms with Gasteiger partial charge in [-0.05, 0) is 30.7 Å². The first kappa shape index (κ1) is 19.2. The fourth-order valence-electron chi connectivity index (χ4n) is 2.51. The number of carbonyl (C=O) groups is 1. The Hall–Kier alpha value is -2.57. The van der Waals surface area contributed by atoms with Crippen LogP contribution in [0.2, 0.25) is 10.0 Å². The number of hydrogen-bond acceptors (Lipinski definition) is 4. The maximum atomic E-state index is 12.2. The first-order chi connectivity index (χ1) is 13.0. The molecule has 0 saturated heterocycles. The molecule has 0 aliphatic heterocycles. The first-order valence-electron chi connectivity index (χ1n) is 8.35. The van der Waals surface area contributed by atoms with E-state index in [0.29, 0.717) is 40.9 Å². The van der Waals surface area contributed by atoms with Crippen LogP contribution in [0.5, 0.6) is 5.75 Å². The van der Waals surface area contributed by atoms with Crippen molar-refractivity contribution < 1.29 is 9.53 Å². The monoisotopic (exact) mass is 404 g/mol. The standard InChI is InChI=1S/C19H18Cl2N4O2/c1-25-12-22-24-19(25)13-5-2-6-14(11-13)23-17(26)9-4-10-27-16-8-3-7-15(20)18(16)21/h2-3,5-8,11-12H,4,9-10H2,1H3,(H,23,26). The first-order valence-corrected chi connectivity index (χ1v) is 9.11. The Bertz CT molecular complexity index is 943. The van der Waals surface area contributed by atoms with Crippen molar-refractivity contribution in [3.05, 3.63) is 58.8 Å². The fraction of sp³-hybridized carbons (Fsp3) is 0.211. The Morgan fingerprint density at radius 1 is 1.22 bits per heavy atom. The van der Waals surface area contributed by atoms with Gasteiger partial charge in [0.2, 0.25) is 5.91 Å². The van der Waals surface area contributed by atoms with Crippen molar-refractivity contribution >= 4 is 34.8 Å². The number of halogens is 2. The van der Waals surface area contributed by atoms with Crippen LogP contribution in [0.3, 0.4) is 0 Å². The van der Waals surface area contributed by atoms with Crippen molar-refractivity contribution in [2.75, 3.05) is 11.9 Å². The summed E-state index contributed by atoms with van der Waals surface area (Å²) in [5.74, 6) is 1.16. The number of aryl methyl sites for hydroxylation is 1. The highest BCUT2D eigenvalue weighted by Gasteiger charge is 2.08. The van der Waals surface area contributed by atoms with E-state index in [9.17, 15) is 4.79 Å². The van der Waals surface area contributed by atoms with E-state index in [1.807, 2.05) is 35.9 Å². The average molecular weight is 405 g/mol. The van der Waals surface area contributed by atoms with Gasteiger partial charge < -0.3 is 14.6 Å². The summed E-state index contributed by atoms with van der Waals surface area (Å²) in [5, 5.41) is 11.6. The minimum atomic E-state index is -0.0918. The molecular weight excluding hydrogens is 387 g/mol. The van der Waals surface area contributed by atoms with Gasteiger partial charge in [0.1, 0.15) is 17.1 Å². The van der Waals surface area contributed by atoms with Gasteiger partial charge in [0.15, 0.2) is 5.82 Å². The van der Waals surface area contributed by atoms with Crippen molar-refractivity contribution in [2.24, 2.45) is 7.05 Å². The van der Waals surface area contributed by atoms with Gasteiger partial charge in [-0.1, -0.05) is 41.4 Å². The Kier molecular flexibility index (Phi) is 6.32. The molecule has 0 aliphatic carbocycles. The van der Waals surface area contributed by atoms with Gasteiger partial charge in [-0.15, -0.1) is 10.2 Å². The molecule has 2 aromatic carbocycles. The van der Waals surface area contributed by atoms with Crippen molar-refractivity contribution in [1.82, 2.24) is 14.8 Å². The Labute approximate surface area is 167 Å². The van der Waals surface area contributed by atoms with Crippen molar-refractivity contribution in [3.8, 4) is 17.1 Å². The van der Waals surface area contributed by atoms with Crippen molar-refractivity contribution in [1.29, 1.82) is 0 Å². The third kappa shape index (κ3) is 4.99. The van der Waals surface area contributed by atoms with Crippen LogP contribution in [0.15, 0.2) is 48.8 Å². The molecule has 1 N–H and O–H groups in total. The van der Waals surface area contributed by atoms with Crippen LogP contribution < -0.4 is 10.1 Å². The van der Waals surface area contributed by atoms with E-state index in [0.717, 1.165) is 11.4 Å². The molecule has 0 fully saturated rings. The van der Waals surface area contributed by atoms with Gasteiger partial charge in [-0.3, -0.25) is 4.79 Å². The number of carbonyl (C=O) groups excluding carboxylic acids is 1. The van der Waals surface area contributed by atoms with Gasteiger partial charge in [0.25, 0.3) is 0 Å². The summed E-state index contributed by atoms with van der Waals surface area (Å²) >= 11 is 12.0. The highest BCUT2D eigenvalue weighted by Crippen LogP contribution is 2.31. The summed E-state index contributed by atoms with van der Waals surface area (Å²) < 4.78 is 7.40. The zero-order chi connectivity index (χ0) is 19.2. The fourth-order valence-corrected chi connectivity index (χ4v) is 2.86. The molecule has 0 bridgehead atoms. The SMILES string of the molecule is Cn1cnnc1-c1cccc(NC(=O)CCCOc2cccc(Cl)c2Cl)c1. The number of anilines is 1. The highest BCUT2D eigenvalue weighted by molar-refractivity contribution is 6.42. The largest absolute Gasteiger partial charge is 0.492 e. The molecule has 27 heavy (non-hydrogen) atoms. The molecule has 0 saturated carbocycles. The minimum Gasteiger partial charge on any atom is -0.492 e. The number of rotatable bonds is 7. The molecule has 140 valence electrons. The van der Waals surface area contributed by atoms with Crippen LogP contribution >= 0.6 is 23.2 Å². The zero-order valence-electron chi connectivity index (χ0n) is 14.7. The zero-order valence-corrected chi connectivity index (χ0v) is 16.2. The second-order valence-electron chi connectivity index (χ2n) is 5.90. The summed E-state index contributed by atoms with van der Waals surface area (Å²) in [6, 6.07) is 12.7. The van der Waals surface area contributed by atoms with E-state index >= 15 is 0 Å². The Balaban J connectivity index is 1.50. The molecule has 1 aromatic heterocycles. The van der Waals surface area contributed by atoms with Crippen LogP contribution in [0, 0.1) is 0 Å². The van der Waals surface area contributed by atoms with Crippen LogP contribution in [0.4, 0.5) is 5.69 Å². The van der Waals surface area contributed by atoms with E-state index in [1.54, 1.807) is 24.5 Å². The van der Waals surface area contributed by atoms with E-state index in [-0.39, 0.29) is 5.91 Å². The molecule has 1 amide bonds. The summed E-state index contributed by atoms with van der Waals surface area (Å²) in [5.41, 5.74) is 1.59. The van der Waals surface area contributed by atoms with Crippen LogP contribution in [-0.4, -0.2) is 27.3 Å². The molecule has 6 nitrogen and oxygen atoms in total. The highest BCUT2D eigenvalue weighted by atomic mass is 35.5. The van der Waals surface area contributed by atoms with E-state index in [4.69, 9.17) is 27.9 Å². The number of aromatic nitrogens is 3. The second kappa shape index (κ2) is 8.88. The molecular formula is C19H18Cl2N4O2. The lowest BCUT2D eigenvalue weighted by Crippen LogP contribution is -2.13. The molecule has 0 spiro atoms. The quantitative estimate of drug-likeness (QED) is 0.584. The minimum absolute atomic E-state index is 0.0918. The predicted molar refractivity (Wildman–Crippen MR) is 106 cm³/mol. The third-order valence-corrected chi connectivity index (χ3v) is 4.64. The molecule has 0 aliphatic rings. The number of amides is 1. The smallest absolute Gasteiger partial charge is 0.224 e. The normalized spacial score (nSPS) is 10.6. The molecule has 8 heteroatoms. The van der Waals surface area contributed by atoms with E-state index < -0.39 is 0 Å². The molecule has 0 radical (unpaired) electrons. The molecule has 0 unspecified atom stereocenters. The number of benzene rings is 2. The van der Waals surface area contributed by atoms with Crippen molar-refractivity contribution in [2.45, 2.75) is 12.8 Å². The van der Waals surface area contributed by atoms with Crippen LogP contribution in [-0.2, 0) is 11.8 Å². The van der Waals surface area contributed by atoms with E-state index in [1.165, 1.54) is 0 Å². The van der Waals surface area contributed by atoms with Crippen LogP contribution in [0.1, 0.15) is 12.8 Å². The Morgan fingerprint density at radius 2 is 2.04 bits per heavy atom. The number of nitrogens with one attached hydrogen (secondary N) is 1. The number of ether oxygens (including phenoxy) is 1. The summed E-state index contributed by atoms with van der Waals surface area (Å²) in [4.78, 5) is 12.2. The number of hydrogen-bond donors (Lipinski definition) is 1. The maximum absolute atomic E-state index is 12.2. The van der Waals surface area contributed by atoms with Crippen LogP contribution in [0.25, 0.3) is 11.4 Å². The maximum Gasteiger partial charge on any atom is 0.224 e. The predicted octanol–water partition coefficient (Wildman–Crippen LogP) is 4.59. The lowest BCUT2D eigenvalue weighted by atomic mass is 10.2. The lowest BCUT2D eigenvalue weighted by Gasteiger charge is -2.09. The molecule has 0 atom stereocenters. The van der Waals surface area contributed by atoms with Crippen molar-refractivity contribution in [3.63, 3.8) is 0 Å². The van der Waals surface area contributed by atoms with Gasteiger partial charge >= 0.3 is 0 Å². The summed E-state index contributed by atoms with van der Waals surface area (Å²) in [6.45, 7) is 0.368.